The number of hydrogen-bond donors (Lipinski definition) is 1. The largest absolute Gasteiger partial charge is 0.387 e. The van der Waals surface area contributed by atoms with Gasteiger partial charge < -0.3 is 5.11 Å². The smallest absolute Gasteiger partial charge is 0.0901 e. The second-order valence-electron chi connectivity index (χ2n) is 5.51. The van der Waals surface area contributed by atoms with Gasteiger partial charge in [0.2, 0.25) is 0 Å². The molecule has 1 saturated carbocycles. The highest BCUT2D eigenvalue weighted by molar-refractivity contribution is 5.33. The molecule has 0 radical (unpaired) electrons. The van der Waals surface area contributed by atoms with Crippen LogP contribution in [0.1, 0.15) is 42.2 Å². The van der Waals surface area contributed by atoms with Gasteiger partial charge in [-0.05, 0) is 37.0 Å². The molecule has 1 heterocycles. The van der Waals surface area contributed by atoms with E-state index >= 15 is 0 Å². The van der Waals surface area contributed by atoms with Crippen LogP contribution in [0.5, 0.6) is 0 Å². The van der Waals surface area contributed by atoms with E-state index in [-0.39, 0.29) is 5.41 Å². The molecule has 0 saturated heterocycles. The van der Waals surface area contributed by atoms with Gasteiger partial charge >= 0.3 is 0 Å². The monoisotopic (exact) mass is 253 g/mol. The van der Waals surface area contributed by atoms with E-state index in [1.54, 1.807) is 0 Å². The van der Waals surface area contributed by atoms with Gasteiger partial charge in [-0.3, -0.25) is 4.98 Å². The minimum Gasteiger partial charge on any atom is -0.387 e. The van der Waals surface area contributed by atoms with Crippen molar-refractivity contribution in [2.75, 3.05) is 0 Å². The first-order chi connectivity index (χ1) is 9.22. The van der Waals surface area contributed by atoms with Crippen LogP contribution in [0.25, 0.3) is 0 Å². The summed E-state index contributed by atoms with van der Waals surface area (Å²) < 4.78 is 0. The summed E-state index contributed by atoms with van der Waals surface area (Å²) in [6, 6.07) is 14.3. The Morgan fingerprint density at radius 1 is 1.11 bits per heavy atom. The maximum atomic E-state index is 10.8. The lowest BCUT2D eigenvalue weighted by Gasteiger charge is -2.46. The molecular formula is C17H19NO. The van der Waals surface area contributed by atoms with Crippen LogP contribution in [0.15, 0.2) is 48.7 Å². The number of hydrogen-bond acceptors (Lipinski definition) is 2. The number of aliphatic hydroxyl groups is 1. The van der Waals surface area contributed by atoms with Crippen LogP contribution >= 0.6 is 0 Å². The van der Waals surface area contributed by atoms with Crippen LogP contribution in [0, 0.1) is 6.92 Å². The molecule has 2 aromatic rings. The zero-order chi connectivity index (χ0) is 13.3. The molecule has 1 unspecified atom stereocenters. The molecule has 98 valence electrons. The SMILES string of the molecule is Cc1ccc(C(O)C2(c3ccccc3)CCC2)cn1. The molecule has 1 N–H and O–H groups in total. The first kappa shape index (κ1) is 12.4. The van der Waals surface area contributed by atoms with E-state index in [4.69, 9.17) is 0 Å². The lowest BCUT2D eigenvalue weighted by atomic mass is 9.60. The normalized spacial score (nSPS) is 18.6. The maximum Gasteiger partial charge on any atom is 0.0901 e. The molecule has 3 rings (SSSR count). The second kappa shape index (κ2) is 4.78. The predicted molar refractivity (Wildman–Crippen MR) is 75.9 cm³/mol. The molecule has 1 aromatic heterocycles. The molecule has 19 heavy (non-hydrogen) atoms. The first-order valence-corrected chi connectivity index (χ1v) is 6.88. The average Bonchev–Trinajstić information content (AvgIpc) is 2.39. The molecule has 0 amide bonds. The van der Waals surface area contributed by atoms with E-state index in [9.17, 15) is 5.11 Å². The van der Waals surface area contributed by atoms with Gasteiger partial charge in [-0.2, -0.15) is 0 Å². The Hall–Kier alpha value is -1.67. The van der Waals surface area contributed by atoms with Gasteiger partial charge in [-0.1, -0.05) is 42.8 Å². The number of aryl methyl sites for hydroxylation is 1. The lowest BCUT2D eigenvalue weighted by Crippen LogP contribution is -2.40. The van der Waals surface area contributed by atoms with E-state index in [0.717, 1.165) is 24.1 Å². The Kier molecular flexibility index (Phi) is 3.11. The summed E-state index contributed by atoms with van der Waals surface area (Å²) in [4.78, 5) is 4.31. The summed E-state index contributed by atoms with van der Waals surface area (Å²) in [6.45, 7) is 1.96. The first-order valence-electron chi connectivity index (χ1n) is 6.88. The molecule has 0 spiro atoms. The van der Waals surface area contributed by atoms with Gasteiger partial charge in [-0.25, -0.2) is 0 Å². The van der Waals surface area contributed by atoms with E-state index in [0.29, 0.717) is 0 Å². The van der Waals surface area contributed by atoms with E-state index < -0.39 is 6.10 Å². The van der Waals surface area contributed by atoms with Crippen LogP contribution in [0.2, 0.25) is 0 Å². The third-order valence-electron chi connectivity index (χ3n) is 4.37. The zero-order valence-corrected chi connectivity index (χ0v) is 11.2. The Morgan fingerprint density at radius 3 is 2.37 bits per heavy atom. The van der Waals surface area contributed by atoms with Gasteiger partial charge in [0.05, 0.1) is 6.10 Å². The number of nitrogens with zero attached hydrogens (tertiary/aromatic N) is 1. The molecule has 1 atom stereocenters. The molecule has 2 heteroatoms. The van der Waals surface area contributed by atoms with Gasteiger partial charge in [0.25, 0.3) is 0 Å². The van der Waals surface area contributed by atoms with E-state index in [2.05, 4.69) is 29.2 Å². The van der Waals surface area contributed by atoms with Crippen molar-refractivity contribution in [3.05, 3.63) is 65.5 Å². The van der Waals surface area contributed by atoms with Gasteiger partial charge in [0.15, 0.2) is 0 Å². The van der Waals surface area contributed by atoms with E-state index in [1.165, 1.54) is 12.0 Å². The predicted octanol–water partition coefficient (Wildman–Crippen LogP) is 3.55. The third-order valence-corrected chi connectivity index (χ3v) is 4.37. The quantitative estimate of drug-likeness (QED) is 0.907. The topological polar surface area (TPSA) is 33.1 Å². The fraction of sp³-hybridized carbons (Fsp3) is 0.353. The summed E-state index contributed by atoms with van der Waals surface area (Å²) in [5.74, 6) is 0. The molecule has 1 aromatic carbocycles. The van der Waals surface area contributed by atoms with Crippen molar-refractivity contribution in [1.82, 2.24) is 4.98 Å². The van der Waals surface area contributed by atoms with Gasteiger partial charge in [0, 0.05) is 17.3 Å². The summed E-state index contributed by atoms with van der Waals surface area (Å²) in [6.07, 6.45) is 4.63. The molecule has 1 fully saturated rings. The minimum absolute atomic E-state index is 0.113. The average molecular weight is 253 g/mol. The minimum atomic E-state index is -0.461. The van der Waals surface area contributed by atoms with E-state index in [1.807, 2.05) is 31.3 Å². The molecule has 1 aliphatic rings. The van der Waals surface area contributed by atoms with Crippen molar-refractivity contribution in [2.24, 2.45) is 0 Å². The summed E-state index contributed by atoms with van der Waals surface area (Å²) in [5.41, 5.74) is 3.04. The van der Waals surface area contributed by atoms with Crippen LogP contribution in [-0.4, -0.2) is 10.1 Å². The number of aliphatic hydroxyl groups excluding tert-OH is 1. The fourth-order valence-electron chi connectivity index (χ4n) is 3.01. The summed E-state index contributed by atoms with van der Waals surface area (Å²) >= 11 is 0. The van der Waals surface area contributed by atoms with Crippen LogP contribution < -0.4 is 0 Å². The van der Waals surface area contributed by atoms with Crippen LogP contribution in [0.4, 0.5) is 0 Å². The lowest BCUT2D eigenvalue weighted by molar-refractivity contribution is 0.0266. The molecular weight excluding hydrogens is 234 g/mol. The van der Waals surface area contributed by atoms with Crippen molar-refractivity contribution in [3.63, 3.8) is 0 Å². The highest BCUT2D eigenvalue weighted by Crippen LogP contribution is 2.51. The standard InChI is InChI=1S/C17H19NO/c1-13-8-9-14(12-18-13)16(19)17(10-5-11-17)15-6-3-2-4-7-15/h2-4,6-9,12,16,19H,5,10-11H2,1H3. The maximum absolute atomic E-state index is 10.8. The number of rotatable bonds is 3. The highest BCUT2D eigenvalue weighted by atomic mass is 16.3. The third kappa shape index (κ3) is 2.06. The van der Waals surface area contributed by atoms with Gasteiger partial charge in [-0.15, -0.1) is 0 Å². The zero-order valence-electron chi connectivity index (χ0n) is 11.2. The Morgan fingerprint density at radius 2 is 1.84 bits per heavy atom. The van der Waals surface area contributed by atoms with Crippen LogP contribution in [0.3, 0.4) is 0 Å². The Labute approximate surface area is 114 Å². The van der Waals surface area contributed by atoms with Crippen molar-refractivity contribution in [3.8, 4) is 0 Å². The molecule has 0 bridgehead atoms. The van der Waals surface area contributed by atoms with Crippen molar-refractivity contribution < 1.29 is 5.11 Å². The Balaban J connectivity index is 1.96. The Bertz CT molecular complexity index is 543. The number of aromatic nitrogens is 1. The van der Waals surface area contributed by atoms with Crippen molar-refractivity contribution in [2.45, 2.75) is 37.7 Å². The summed E-state index contributed by atoms with van der Waals surface area (Å²) in [5, 5.41) is 10.8. The number of benzene rings is 1. The molecule has 1 aliphatic carbocycles. The van der Waals surface area contributed by atoms with Crippen molar-refractivity contribution in [1.29, 1.82) is 0 Å². The fourth-order valence-corrected chi connectivity index (χ4v) is 3.01. The molecule has 2 nitrogen and oxygen atoms in total. The van der Waals surface area contributed by atoms with Crippen molar-refractivity contribution >= 4 is 0 Å². The number of pyridine rings is 1. The molecule has 0 aliphatic heterocycles. The second-order valence-corrected chi connectivity index (χ2v) is 5.51. The van der Waals surface area contributed by atoms with Gasteiger partial charge in [0.1, 0.15) is 0 Å². The summed E-state index contributed by atoms with van der Waals surface area (Å²) in [7, 11) is 0. The van der Waals surface area contributed by atoms with Crippen LogP contribution in [-0.2, 0) is 5.41 Å². The highest BCUT2D eigenvalue weighted by Gasteiger charge is 2.45.